The molecule has 2 aromatic rings. The maximum absolute atomic E-state index is 12.6. The first-order valence-electron chi connectivity index (χ1n) is 9.11. The number of nitrogens with zero attached hydrogens (tertiary/aromatic N) is 1. The van der Waals surface area contributed by atoms with E-state index in [1.807, 2.05) is 45.9 Å². The molecule has 2 rings (SSSR count). The van der Waals surface area contributed by atoms with Crippen molar-refractivity contribution < 1.29 is 13.2 Å². The van der Waals surface area contributed by atoms with Gasteiger partial charge in [0, 0.05) is 25.7 Å². The van der Waals surface area contributed by atoms with E-state index in [0.29, 0.717) is 0 Å². The molecule has 1 N–H and O–H groups in total. The van der Waals surface area contributed by atoms with Gasteiger partial charge in [0.25, 0.3) is 0 Å². The van der Waals surface area contributed by atoms with E-state index < -0.39 is 10.0 Å². The van der Waals surface area contributed by atoms with Crippen LogP contribution in [0.4, 0.5) is 5.69 Å². The summed E-state index contributed by atoms with van der Waals surface area (Å²) in [5, 5.41) is 0. The molecule has 0 bridgehead atoms. The first-order chi connectivity index (χ1) is 12.7. The van der Waals surface area contributed by atoms with Crippen LogP contribution in [0.25, 0.3) is 0 Å². The summed E-state index contributed by atoms with van der Waals surface area (Å²) in [6, 6.07) is 11.0. The Kier molecular flexibility index (Phi) is 6.78. The molecule has 6 heteroatoms. The molecule has 0 aliphatic heterocycles. The fraction of sp³-hybridized carbons (Fsp3) is 0.381. The third-order valence-electron chi connectivity index (χ3n) is 4.77. The van der Waals surface area contributed by atoms with Crippen LogP contribution in [0.1, 0.15) is 36.1 Å². The number of anilines is 1. The normalized spacial score (nSPS) is 11.4. The van der Waals surface area contributed by atoms with Gasteiger partial charge < -0.3 is 4.90 Å². The highest BCUT2D eigenvalue weighted by molar-refractivity contribution is 7.89. The zero-order chi connectivity index (χ0) is 20.2. The fourth-order valence-electron chi connectivity index (χ4n) is 3.07. The van der Waals surface area contributed by atoms with E-state index in [4.69, 9.17) is 0 Å². The Balaban J connectivity index is 2.18. The van der Waals surface area contributed by atoms with Crippen LogP contribution >= 0.6 is 0 Å². The van der Waals surface area contributed by atoms with Gasteiger partial charge in [0.05, 0.1) is 4.90 Å². The lowest BCUT2D eigenvalue weighted by Gasteiger charge is -2.26. The van der Waals surface area contributed by atoms with Gasteiger partial charge >= 0.3 is 0 Å². The van der Waals surface area contributed by atoms with Gasteiger partial charge in [0.1, 0.15) is 0 Å². The minimum absolute atomic E-state index is 0.107. The molecule has 0 heterocycles. The molecular formula is C21H28N2O3S. The van der Waals surface area contributed by atoms with Gasteiger partial charge in [-0.1, -0.05) is 31.2 Å². The summed E-state index contributed by atoms with van der Waals surface area (Å²) in [5.41, 5.74) is 4.92. The summed E-state index contributed by atoms with van der Waals surface area (Å²) < 4.78 is 27.7. The smallest absolute Gasteiger partial charge is 0.240 e. The second-order valence-electron chi connectivity index (χ2n) is 6.75. The van der Waals surface area contributed by atoms with Gasteiger partial charge in [-0.15, -0.1) is 0 Å². The standard InChI is InChI=1S/C21H28N2O3S/c1-6-19-9-7-8-16(3)21(19)23(18(5)24)13-12-22-27(25,26)20-11-10-15(2)17(4)14-20/h7-11,14,22H,6,12-13H2,1-5H3. The second-order valence-corrected chi connectivity index (χ2v) is 8.52. The highest BCUT2D eigenvalue weighted by Gasteiger charge is 2.19. The largest absolute Gasteiger partial charge is 0.311 e. The molecule has 0 saturated carbocycles. The van der Waals surface area contributed by atoms with E-state index in [9.17, 15) is 13.2 Å². The molecule has 27 heavy (non-hydrogen) atoms. The number of carbonyl (C=O) groups is 1. The number of aryl methyl sites for hydroxylation is 4. The van der Waals surface area contributed by atoms with E-state index in [-0.39, 0.29) is 23.9 Å². The van der Waals surface area contributed by atoms with E-state index in [0.717, 1.165) is 34.4 Å². The van der Waals surface area contributed by atoms with Crippen molar-refractivity contribution >= 4 is 21.6 Å². The summed E-state index contributed by atoms with van der Waals surface area (Å²) in [4.78, 5) is 14.1. The van der Waals surface area contributed by atoms with Crippen molar-refractivity contribution in [3.63, 3.8) is 0 Å². The van der Waals surface area contributed by atoms with Crippen molar-refractivity contribution in [3.05, 3.63) is 58.7 Å². The van der Waals surface area contributed by atoms with Gasteiger partial charge in [-0.25, -0.2) is 13.1 Å². The molecule has 0 aromatic heterocycles. The number of sulfonamides is 1. The molecule has 0 saturated heterocycles. The molecular weight excluding hydrogens is 360 g/mol. The highest BCUT2D eigenvalue weighted by atomic mass is 32.2. The minimum atomic E-state index is -3.62. The predicted octanol–water partition coefficient (Wildman–Crippen LogP) is 3.51. The van der Waals surface area contributed by atoms with Crippen LogP contribution in [0.15, 0.2) is 41.3 Å². The minimum Gasteiger partial charge on any atom is -0.311 e. The first kappa shape index (κ1) is 21.1. The van der Waals surface area contributed by atoms with Crippen molar-refractivity contribution in [3.8, 4) is 0 Å². The third-order valence-corrected chi connectivity index (χ3v) is 6.23. The highest BCUT2D eigenvalue weighted by Crippen LogP contribution is 2.26. The van der Waals surface area contributed by atoms with Crippen molar-refractivity contribution in [2.24, 2.45) is 0 Å². The zero-order valence-corrected chi connectivity index (χ0v) is 17.5. The Bertz CT molecular complexity index is 936. The number of amides is 1. The fourth-order valence-corrected chi connectivity index (χ4v) is 4.18. The Hall–Kier alpha value is -2.18. The average molecular weight is 389 g/mol. The number of benzene rings is 2. The lowest BCUT2D eigenvalue weighted by Crippen LogP contribution is -2.38. The van der Waals surface area contributed by atoms with Crippen LogP contribution < -0.4 is 9.62 Å². The third kappa shape index (κ3) is 4.96. The van der Waals surface area contributed by atoms with Crippen LogP contribution in [0.5, 0.6) is 0 Å². The maximum Gasteiger partial charge on any atom is 0.240 e. The zero-order valence-electron chi connectivity index (χ0n) is 16.7. The Morgan fingerprint density at radius 3 is 2.33 bits per heavy atom. The molecule has 0 atom stereocenters. The molecule has 0 radical (unpaired) electrons. The number of carbonyl (C=O) groups excluding carboxylic acids is 1. The SMILES string of the molecule is CCc1cccc(C)c1N(CCNS(=O)(=O)c1ccc(C)c(C)c1)C(C)=O. The monoisotopic (exact) mass is 388 g/mol. The molecule has 146 valence electrons. The second kappa shape index (κ2) is 8.67. The Morgan fingerprint density at radius 2 is 1.74 bits per heavy atom. The topological polar surface area (TPSA) is 66.5 Å². The molecule has 0 aliphatic carbocycles. The molecule has 2 aromatic carbocycles. The van der Waals surface area contributed by atoms with Crippen LogP contribution in [0.3, 0.4) is 0 Å². The van der Waals surface area contributed by atoms with Crippen LogP contribution in [0.2, 0.25) is 0 Å². The van der Waals surface area contributed by atoms with E-state index >= 15 is 0 Å². The summed E-state index contributed by atoms with van der Waals surface area (Å²) in [5.74, 6) is -0.107. The maximum atomic E-state index is 12.6. The van der Waals surface area contributed by atoms with E-state index in [1.165, 1.54) is 6.92 Å². The van der Waals surface area contributed by atoms with Gasteiger partial charge in [-0.05, 0) is 61.6 Å². The van der Waals surface area contributed by atoms with Gasteiger partial charge in [0.2, 0.25) is 15.9 Å². The molecule has 0 unspecified atom stereocenters. The quantitative estimate of drug-likeness (QED) is 0.789. The lowest BCUT2D eigenvalue weighted by atomic mass is 10.0. The number of nitrogens with one attached hydrogen (secondary N) is 1. The van der Waals surface area contributed by atoms with Crippen molar-refractivity contribution in [1.82, 2.24) is 4.72 Å². The van der Waals surface area contributed by atoms with Gasteiger partial charge in [0.15, 0.2) is 0 Å². The predicted molar refractivity (Wildman–Crippen MR) is 110 cm³/mol. The van der Waals surface area contributed by atoms with Crippen molar-refractivity contribution in [2.75, 3.05) is 18.0 Å². The summed E-state index contributed by atoms with van der Waals surface area (Å²) in [6.45, 7) is 9.75. The van der Waals surface area contributed by atoms with E-state index in [1.54, 1.807) is 23.1 Å². The Morgan fingerprint density at radius 1 is 1.04 bits per heavy atom. The summed E-state index contributed by atoms with van der Waals surface area (Å²) in [7, 11) is -3.62. The summed E-state index contributed by atoms with van der Waals surface area (Å²) >= 11 is 0. The average Bonchev–Trinajstić information content (AvgIpc) is 2.61. The lowest BCUT2D eigenvalue weighted by molar-refractivity contribution is -0.116. The van der Waals surface area contributed by atoms with Crippen molar-refractivity contribution in [1.29, 1.82) is 0 Å². The van der Waals surface area contributed by atoms with Crippen LogP contribution in [-0.2, 0) is 21.2 Å². The molecule has 5 nitrogen and oxygen atoms in total. The summed E-state index contributed by atoms with van der Waals surface area (Å²) in [6.07, 6.45) is 0.801. The number of para-hydroxylation sites is 1. The van der Waals surface area contributed by atoms with Crippen LogP contribution in [0, 0.1) is 20.8 Å². The Labute approximate surface area is 162 Å². The molecule has 1 amide bonds. The first-order valence-corrected chi connectivity index (χ1v) is 10.6. The molecule has 0 fully saturated rings. The number of rotatable bonds is 7. The van der Waals surface area contributed by atoms with Crippen molar-refractivity contribution in [2.45, 2.75) is 45.9 Å². The van der Waals surface area contributed by atoms with Crippen LogP contribution in [-0.4, -0.2) is 27.4 Å². The molecule has 0 spiro atoms. The number of hydrogen-bond donors (Lipinski definition) is 1. The number of hydrogen-bond acceptors (Lipinski definition) is 3. The molecule has 0 aliphatic rings. The van der Waals surface area contributed by atoms with Gasteiger partial charge in [-0.3, -0.25) is 4.79 Å². The van der Waals surface area contributed by atoms with Gasteiger partial charge in [-0.2, -0.15) is 0 Å². The van der Waals surface area contributed by atoms with E-state index in [2.05, 4.69) is 4.72 Å².